The number of carbonyl (C=O) groups excluding carboxylic acids is 1. The lowest BCUT2D eigenvalue weighted by Crippen LogP contribution is -2.26. The van der Waals surface area contributed by atoms with Crippen LogP contribution in [0, 0.1) is 0 Å². The monoisotopic (exact) mass is 424 g/mol. The largest absolute Gasteiger partial charge is 0.468 e. The van der Waals surface area contributed by atoms with Crippen molar-refractivity contribution in [3.63, 3.8) is 0 Å². The van der Waals surface area contributed by atoms with Crippen LogP contribution in [0.2, 0.25) is 5.02 Å². The van der Waals surface area contributed by atoms with E-state index in [0.29, 0.717) is 16.3 Å². The van der Waals surface area contributed by atoms with Crippen LogP contribution in [0.3, 0.4) is 0 Å². The van der Waals surface area contributed by atoms with E-state index in [0.717, 1.165) is 5.56 Å². The number of pyridine rings is 1. The fourth-order valence-corrected chi connectivity index (χ4v) is 2.60. The van der Waals surface area contributed by atoms with Crippen LogP contribution >= 0.6 is 11.6 Å². The first kappa shape index (κ1) is 20.7. The molecule has 9 heteroatoms. The van der Waals surface area contributed by atoms with Crippen LogP contribution in [0.25, 0.3) is 11.3 Å². The van der Waals surface area contributed by atoms with Crippen LogP contribution in [0.5, 0.6) is 5.88 Å². The molecule has 1 N–H and O–H groups in total. The van der Waals surface area contributed by atoms with Crippen molar-refractivity contribution in [2.75, 3.05) is 6.61 Å². The van der Waals surface area contributed by atoms with E-state index in [4.69, 9.17) is 16.0 Å². The highest BCUT2D eigenvalue weighted by atomic mass is 35.5. The lowest BCUT2D eigenvalue weighted by molar-refractivity contribution is -0.154. The Morgan fingerprint density at radius 2 is 1.90 bits per heavy atom. The second-order valence-corrected chi connectivity index (χ2v) is 6.64. The summed E-state index contributed by atoms with van der Waals surface area (Å²) in [5.41, 5.74) is 1.38. The van der Waals surface area contributed by atoms with E-state index in [9.17, 15) is 18.0 Å². The SMILES string of the molecule is CC(NC(=O)c1ccc(-c2ccc(Cl)cc2)o1)c1ccc(OCC(F)(F)F)nc1. The highest BCUT2D eigenvalue weighted by Crippen LogP contribution is 2.24. The van der Waals surface area contributed by atoms with Gasteiger partial charge in [0.05, 0.1) is 6.04 Å². The summed E-state index contributed by atoms with van der Waals surface area (Å²) >= 11 is 5.86. The number of benzene rings is 1. The Balaban J connectivity index is 1.61. The minimum absolute atomic E-state index is 0.125. The molecule has 0 spiro atoms. The maximum atomic E-state index is 12.4. The van der Waals surface area contributed by atoms with Crippen molar-refractivity contribution < 1.29 is 27.1 Å². The fourth-order valence-electron chi connectivity index (χ4n) is 2.47. The molecule has 1 aromatic carbocycles. The number of aromatic nitrogens is 1. The molecular formula is C20H16ClF3N2O3. The molecule has 2 heterocycles. The molecular weight excluding hydrogens is 409 g/mol. The van der Waals surface area contributed by atoms with Crippen molar-refractivity contribution >= 4 is 17.5 Å². The number of ether oxygens (including phenoxy) is 1. The Hall–Kier alpha value is -3.00. The molecule has 0 radical (unpaired) electrons. The molecule has 0 aliphatic carbocycles. The summed E-state index contributed by atoms with van der Waals surface area (Å²) in [4.78, 5) is 16.2. The molecule has 0 aliphatic rings. The number of halogens is 4. The molecule has 0 aliphatic heterocycles. The molecule has 0 saturated carbocycles. The number of amides is 1. The number of hydrogen-bond acceptors (Lipinski definition) is 4. The summed E-state index contributed by atoms with van der Waals surface area (Å²) in [5, 5.41) is 3.34. The minimum Gasteiger partial charge on any atom is -0.468 e. The van der Waals surface area contributed by atoms with Gasteiger partial charge in [-0.1, -0.05) is 17.7 Å². The zero-order valence-electron chi connectivity index (χ0n) is 15.2. The van der Waals surface area contributed by atoms with Gasteiger partial charge in [0, 0.05) is 22.8 Å². The van der Waals surface area contributed by atoms with E-state index in [1.165, 1.54) is 18.3 Å². The molecule has 1 unspecified atom stereocenters. The summed E-state index contributed by atoms with van der Waals surface area (Å²) in [6, 6.07) is 12.6. The topological polar surface area (TPSA) is 64.4 Å². The third-order valence-corrected chi connectivity index (χ3v) is 4.20. The Morgan fingerprint density at radius 1 is 1.17 bits per heavy atom. The van der Waals surface area contributed by atoms with Crippen molar-refractivity contribution in [2.24, 2.45) is 0 Å². The molecule has 0 fully saturated rings. The standard InChI is InChI=1S/C20H16ClF3N2O3/c1-12(14-4-9-18(25-10-14)28-11-20(22,23)24)26-19(27)17-8-7-16(29-17)13-2-5-15(21)6-3-13/h2-10,12H,11H2,1H3,(H,26,27). The van der Waals surface area contributed by atoms with E-state index in [1.807, 2.05) is 0 Å². The van der Waals surface area contributed by atoms with Gasteiger partial charge in [-0.2, -0.15) is 13.2 Å². The fraction of sp³-hybridized carbons (Fsp3) is 0.200. The Bertz CT molecular complexity index is 970. The van der Waals surface area contributed by atoms with E-state index in [1.54, 1.807) is 43.3 Å². The van der Waals surface area contributed by atoms with E-state index in [-0.39, 0.29) is 11.6 Å². The second-order valence-electron chi connectivity index (χ2n) is 6.20. The summed E-state index contributed by atoms with van der Waals surface area (Å²) in [6.45, 7) is 0.300. The van der Waals surface area contributed by atoms with Gasteiger partial charge in [-0.15, -0.1) is 0 Å². The number of alkyl halides is 3. The first-order valence-corrected chi connectivity index (χ1v) is 8.91. The normalized spacial score (nSPS) is 12.4. The van der Waals surface area contributed by atoms with Gasteiger partial charge < -0.3 is 14.5 Å². The van der Waals surface area contributed by atoms with Crippen LogP contribution in [0.1, 0.15) is 29.1 Å². The average molecular weight is 425 g/mol. The summed E-state index contributed by atoms with van der Waals surface area (Å²) < 4.78 is 46.7. The van der Waals surface area contributed by atoms with Crippen LogP contribution in [0.15, 0.2) is 59.1 Å². The third-order valence-electron chi connectivity index (χ3n) is 3.95. The first-order chi connectivity index (χ1) is 13.7. The zero-order valence-corrected chi connectivity index (χ0v) is 15.9. The van der Waals surface area contributed by atoms with Crippen LogP contribution in [-0.2, 0) is 0 Å². The van der Waals surface area contributed by atoms with Gasteiger partial charge in [-0.25, -0.2) is 4.98 Å². The van der Waals surface area contributed by atoms with E-state index >= 15 is 0 Å². The van der Waals surface area contributed by atoms with E-state index in [2.05, 4.69) is 15.0 Å². The maximum absolute atomic E-state index is 12.4. The van der Waals surface area contributed by atoms with Gasteiger partial charge in [-0.3, -0.25) is 4.79 Å². The predicted molar refractivity (Wildman–Crippen MR) is 101 cm³/mol. The molecule has 152 valence electrons. The molecule has 29 heavy (non-hydrogen) atoms. The smallest absolute Gasteiger partial charge is 0.422 e. The third kappa shape index (κ3) is 5.74. The first-order valence-electron chi connectivity index (χ1n) is 8.53. The van der Waals surface area contributed by atoms with Crippen LogP contribution in [0.4, 0.5) is 13.2 Å². The summed E-state index contributed by atoms with van der Waals surface area (Å²) in [7, 11) is 0. The molecule has 3 rings (SSSR count). The highest BCUT2D eigenvalue weighted by molar-refractivity contribution is 6.30. The second kappa shape index (κ2) is 8.57. The highest BCUT2D eigenvalue weighted by Gasteiger charge is 2.28. The number of hydrogen-bond donors (Lipinski definition) is 1. The number of nitrogens with one attached hydrogen (secondary N) is 1. The summed E-state index contributed by atoms with van der Waals surface area (Å²) in [5.74, 6) is 0.0607. The van der Waals surface area contributed by atoms with Crippen LogP contribution < -0.4 is 10.1 Å². The molecule has 5 nitrogen and oxygen atoms in total. The molecule has 3 aromatic rings. The van der Waals surface area contributed by atoms with Gasteiger partial charge in [0.2, 0.25) is 5.88 Å². The lowest BCUT2D eigenvalue weighted by Gasteiger charge is -2.14. The summed E-state index contributed by atoms with van der Waals surface area (Å²) in [6.07, 6.45) is -3.09. The maximum Gasteiger partial charge on any atom is 0.422 e. The van der Waals surface area contributed by atoms with Crippen molar-refractivity contribution in [2.45, 2.75) is 19.1 Å². The van der Waals surface area contributed by atoms with Crippen molar-refractivity contribution in [3.05, 3.63) is 71.1 Å². The number of rotatable bonds is 6. The Labute approximate surface area is 169 Å². The Morgan fingerprint density at radius 3 is 2.52 bits per heavy atom. The minimum atomic E-state index is -4.43. The molecule has 1 amide bonds. The number of furan rings is 1. The van der Waals surface area contributed by atoms with Gasteiger partial charge >= 0.3 is 6.18 Å². The van der Waals surface area contributed by atoms with Gasteiger partial charge in [0.1, 0.15) is 5.76 Å². The number of carbonyl (C=O) groups is 1. The predicted octanol–water partition coefficient (Wildman–Crippen LogP) is 5.43. The lowest BCUT2D eigenvalue weighted by atomic mass is 10.1. The van der Waals surface area contributed by atoms with Gasteiger partial charge in [-0.05, 0) is 48.9 Å². The molecule has 0 bridgehead atoms. The molecule has 1 atom stereocenters. The van der Waals surface area contributed by atoms with Crippen LogP contribution in [-0.4, -0.2) is 23.7 Å². The van der Waals surface area contributed by atoms with Crippen molar-refractivity contribution in [3.8, 4) is 17.2 Å². The van der Waals surface area contributed by atoms with Crippen molar-refractivity contribution in [1.82, 2.24) is 10.3 Å². The zero-order chi connectivity index (χ0) is 21.0. The average Bonchev–Trinajstić information content (AvgIpc) is 3.17. The number of nitrogens with zero attached hydrogens (tertiary/aromatic N) is 1. The van der Waals surface area contributed by atoms with Gasteiger partial charge in [0.15, 0.2) is 12.4 Å². The van der Waals surface area contributed by atoms with Crippen molar-refractivity contribution in [1.29, 1.82) is 0 Å². The molecule has 2 aromatic heterocycles. The molecule has 0 saturated heterocycles. The Kier molecular flexibility index (Phi) is 6.12. The van der Waals surface area contributed by atoms with E-state index < -0.39 is 24.7 Å². The van der Waals surface area contributed by atoms with Gasteiger partial charge in [0.25, 0.3) is 5.91 Å². The quantitative estimate of drug-likeness (QED) is 0.573.